The smallest absolute Gasteiger partial charge is 0.221 e. The third-order valence-corrected chi connectivity index (χ3v) is 3.76. The van der Waals surface area contributed by atoms with Crippen molar-refractivity contribution in [2.75, 3.05) is 26.2 Å². The number of likely N-dealkylation sites (tertiary alicyclic amines) is 1. The minimum Gasteiger partial charge on any atom is -0.353 e. The van der Waals surface area contributed by atoms with Gasteiger partial charge in [-0.1, -0.05) is 6.92 Å². The van der Waals surface area contributed by atoms with E-state index in [4.69, 9.17) is 0 Å². The van der Waals surface area contributed by atoms with Crippen molar-refractivity contribution < 1.29 is 4.79 Å². The molecule has 4 heteroatoms. The van der Waals surface area contributed by atoms with Crippen molar-refractivity contribution in [2.24, 2.45) is 0 Å². The van der Waals surface area contributed by atoms with Crippen LogP contribution in [0.3, 0.4) is 0 Å². The van der Waals surface area contributed by atoms with Gasteiger partial charge in [0.05, 0.1) is 0 Å². The maximum absolute atomic E-state index is 11.5. The average molecular weight is 239 g/mol. The van der Waals surface area contributed by atoms with Gasteiger partial charge in [0.15, 0.2) is 0 Å². The van der Waals surface area contributed by atoms with Crippen LogP contribution in [0.1, 0.15) is 39.0 Å². The molecular formula is C13H25N3O. The predicted octanol–water partition coefficient (Wildman–Crippen LogP) is 0.729. The van der Waals surface area contributed by atoms with Gasteiger partial charge < -0.3 is 15.5 Å². The van der Waals surface area contributed by atoms with Crippen LogP contribution >= 0.6 is 0 Å². The Labute approximate surface area is 104 Å². The summed E-state index contributed by atoms with van der Waals surface area (Å²) >= 11 is 0. The van der Waals surface area contributed by atoms with E-state index in [1.54, 1.807) is 0 Å². The SMILES string of the molecule is CCN1CCC(NCCC(=O)NC2CC2)CC1. The molecule has 0 aromatic carbocycles. The van der Waals surface area contributed by atoms with E-state index in [1.165, 1.54) is 38.8 Å². The van der Waals surface area contributed by atoms with E-state index in [0.29, 0.717) is 18.5 Å². The first-order valence-electron chi connectivity index (χ1n) is 7.03. The van der Waals surface area contributed by atoms with E-state index in [0.717, 1.165) is 13.1 Å². The summed E-state index contributed by atoms with van der Waals surface area (Å²) in [6.45, 7) is 6.60. The molecular weight excluding hydrogens is 214 g/mol. The average Bonchev–Trinajstić information content (AvgIpc) is 3.14. The molecule has 0 unspecified atom stereocenters. The van der Waals surface area contributed by atoms with Gasteiger partial charge in [0, 0.05) is 25.0 Å². The van der Waals surface area contributed by atoms with Crippen LogP contribution < -0.4 is 10.6 Å². The maximum Gasteiger partial charge on any atom is 0.221 e. The maximum atomic E-state index is 11.5. The number of amides is 1. The molecule has 2 N–H and O–H groups in total. The number of hydrogen-bond donors (Lipinski definition) is 2. The van der Waals surface area contributed by atoms with Crippen LogP contribution in [0.5, 0.6) is 0 Å². The number of nitrogens with zero attached hydrogens (tertiary/aromatic N) is 1. The van der Waals surface area contributed by atoms with E-state index in [2.05, 4.69) is 22.5 Å². The molecule has 1 heterocycles. The fourth-order valence-corrected chi connectivity index (χ4v) is 2.37. The molecule has 1 aliphatic carbocycles. The Balaban J connectivity index is 1.51. The fraction of sp³-hybridized carbons (Fsp3) is 0.923. The molecule has 0 spiro atoms. The van der Waals surface area contributed by atoms with Gasteiger partial charge in [0.25, 0.3) is 0 Å². The molecule has 2 fully saturated rings. The first kappa shape index (κ1) is 12.8. The van der Waals surface area contributed by atoms with Crippen molar-refractivity contribution in [3.63, 3.8) is 0 Å². The molecule has 0 bridgehead atoms. The largest absolute Gasteiger partial charge is 0.353 e. The van der Waals surface area contributed by atoms with Crippen molar-refractivity contribution in [1.82, 2.24) is 15.5 Å². The van der Waals surface area contributed by atoms with Crippen molar-refractivity contribution in [2.45, 2.75) is 51.1 Å². The molecule has 1 saturated carbocycles. The summed E-state index contributed by atoms with van der Waals surface area (Å²) in [4.78, 5) is 14.0. The van der Waals surface area contributed by atoms with Crippen LogP contribution in [0.25, 0.3) is 0 Å². The van der Waals surface area contributed by atoms with E-state index in [1.807, 2.05) is 0 Å². The molecule has 4 nitrogen and oxygen atoms in total. The predicted molar refractivity (Wildman–Crippen MR) is 68.9 cm³/mol. The first-order valence-corrected chi connectivity index (χ1v) is 7.03. The molecule has 1 saturated heterocycles. The fourth-order valence-electron chi connectivity index (χ4n) is 2.37. The Hall–Kier alpha value is -0.610. The van der Waals surface area contributed by atoms with E-state index >= 15 is 0 Å². The third-order valence-electron chi connectivity index (χ3n) is 3.76. The number of carbonyl (C=O) groups excluding carboxylic acids is 1. The van der Waals surface area contributed by atoms with Crippen LogP contribution in [-0.2, 0) is 4.79 Å². The summed E-state index contributed by atoms with van der Waals surface area (Å²) in [5.74, 6) is 0.214. The quantitative estimate of drug-likeness (QED) is 0.718. The molecule has 98 valence electrons. The van der Waals surface area contributed by atoms with Gasteiger partial charge >= 0.3 is 0 Å². The lowest BCUT2D eigenvalue weighted by Gasteiger charge is -2.31. The molecule has 17 heavy (non-hydrogen) atoms. The molecule has 1 aliphatic heterocycles. The zero-order valence-corrected chi connectivity index (χ0v) is 10.9. The summed E-state index contributed by atoms with van der Waals surface area (Å²) in [5, 5.41) is 6.52. The monoisotopic (exact) mass is 239 g/mol. The van der Waals surface area contributed by atoms with Crippen LogP contribution in [0.4, 0.5) is 0 Å². The van der Waals surface area contributed by atoms with Gasteiger partial charge in [-0.15, -0.1) is 0 Å². The zero-order valence-electron chi connectivity index (χ0n) is 10.9. The summed E-state index contributed by atoms with van der Waals surface area (Å²) in [6, 6.07) is 1.11. The second-order valence-corrected chi connectivity index (χ2v) is 5.25. The topological polar surface area (TPSA) is 44.4 Å². The lowest BCUT2D eigenvalue weighted by Crippen LogP contribution is -2.43. The minimum atomic E-state index is 0.214. The molecule has 1 amide bonds. The number of nitrogens with one attached hydrogen (secondary N) is 2. The van der Waals surface area contributed by atoms with Gasteiger partial charge in [-0.2, -0.15) is 0 Å². The number of rotatable bonds is 6. The van der Waals surface area contributed by atoms with E-state index in [9.17, 15) is 4.79 Å². The number of hydrogen-bond acceptors (Lipinski definition) is 3. The summed E-state index contributed by atoms with van der Waals surface area (Å²) < 4.78 is 0. The van der Waals surface area contributed by atoms with Crippen LogP contribution in [0.15, 0.2) is 0 Å². The minimum absolute atomic E-state index is 0.214. The Morgan fingerprint density at radius 2 is 1.88 bits per heavy atom. The molecule has 0 radical (unpaired) electrons. The molecule has 0 aromatic rings. The molecule has 2 aliphatic rings. The van der Waals surface area contributed by atoms with Crippen molar-refractivity contribution in [1.29, 1.82) is 0 Å². The third kappa shape index (κ3) is 4.64. The molecule has 2 rings (SSSR count). The Bertz CT molecular complexity index is 245. The van der Waals surface area contributed by atoms with Gasteiger partial charge in [0.1, 0.15) is 0 Å². The Morgan fingerprint density at radius 1 is 1.18 bits per heavy atom. The van der Waals surface area contributed by atoms with Gasteiger partial charge in [0.2, 0.25) is 5.91 Å². The zero-order chi connectivity index (χ0) is 12.1. The lowest BCUT2D eigenvalue weighted by molar-refractivity contribution is -0.121. The highest BCUT2D eigenvalue weighted by Gasteiger charge is 2.23. The van der Waals surface area contributed by atoms with Crippen molar-refractivity contribution >= 4 is 5.91 Å². The van der Waals surface area contributed by atoms with Gasteiger partial charge in [-0.3, -0.25) is 4.79 Å². The second-order valence-electron chi connectivity index (χ2n) is 5.25. The van der Waals surface area contributed by atoms with Crippen LogP contribution in [0.2, 0.25) is 0 Å². The number of carbonyl (C=O) groups is 1. The molecule has 0 aromatic heterocycles. The first-order chi connectivity index (χ1) is 8.28. The summed E-state index contributed by atoms with van der Waals surface area (Å²) in [7, 11) is 0. The van der Waals surface area contributed by atoms with Crippen molar-refractivity contribution in [3.05, 3.63) is 0 Å². The van der Waals surface area contributed by atoms with Crippen molar-refractivity contribution in [3.8, 4) is 0 Å². The van der Waals surface area contributed by atoms with Crippen LogP contribution in [-0.4, -0.2) is 49.1 Å². The Morgan fingerprint density at radius 3 is 2.47 bits per heavy atom. The highest BCUT2D eigenvalue weighted by atomic mass is 16.1. The van der Waals surface area contributed by atoms with E-state index < -0.39 is 0 Å². The van der Waals surface area contributed by atoms with Gasteiger partial charge in [-0.05, 0) is 45.3 Å². The van der Waals surface area contributed by atoms with Gasteiger partial charge in [-0.25, -0.2) is 0 Å². The standard InChI is InChI=1S/C13H25N3O/c1-2-16-9-6-11(7-10-16)14-8-5-13(17)15-12-3-4-12/h11-12,14H,2-10H2,1H3,(H,15,17). The van der Waals surface area contributed by atoms with E-state index in [-0.39, 0.29) is 5.91 Å². The summed E-state index contributed by atoms with van der Waals surface area (Å²) in [6.07, 6.45) is 5.42. The highest BCUT2D eigenvalue weighted by molar-refractivity contribution is 5.76. The van der Waals surface area contributed by atoms with Crippen LogP contribution in [0, 0.1) is 0 Å². The lowest BCUT2D eigenvalue weighted by atomic mass is 10.1. The second kappa shape index (κ2) is 6.36. The molecule has 0 atom stereocenters. The highest BCUT2D eigenvalue weighted by Crippen LogP contribution is 2.18. The number of piperidine rings is 1. The normalized spacial score (nSPS) is 22.6. The summed E-state index contributed by atoms with van der Waals surface area (Å²) in [5.41, 5.74) is 0. The Kier molecular flexibility index (Phi) is 4.80.